The second-order valence-electron chi connectivity index (χ2n) is 4.52. The summed E-state index contributed by atoms with van der Waals surface area (Å²) in [5.74, 6) is -0.386. The summed E-state index contributed by atoms with van der Waals surface area (Å²) in [6.07, 6.45) is 0. The third-order valence-electron chi connectivity index (χ3n) is 2.91. The summed E-state index contributed by atoms with van der Waals surface area (Å²) in [5, 5.41) is 12.4. The van der Waals surface area contributed by atoms with Crippen LogP contribution in [0.3, 0.4) is 0 Å². The van der Waals surface area contributed by atoms with Crippen molar-refractivity contribution in [3.05, 3.63) is 40.7 Å². The number of hydrogen-bond acceptors (Lipinski definition) is 5. The number of aromatic nitrogens is 2. The van der Waals surface area contributed by atoms with Crippen molar-refractivity contribution in [2.24, 2.45) is 0 Å². The average molecular weight is 308 g/mol. The molecule has 5 nitrogen and oxygen atoms in total. The Balaban J connectivity index is 1.87. The highest BCUT2D eigenvalue weighted by Crippen LogP contribution is 2.18. The molecule has 21 heavy (non-hydrogen) atoms. The zero-order valence-corrected chi connectivity index (χ0v) is 12.8. The van der Waals surface area contributed by atoms with Crippen LogP contribution in [0.25, 0.3) is 0 Å². The molecule has 112 valence electrons. The van der Waals surface area contributed by atoms with Gasteiger partial charge in [-0.05, 0) is 31.5 Å². The minimum atomic E-state index is -0.283. The highest BCUT2D eigenvalue weighted by Gasteiger charge is 2.13. The Morgan fingerprint density at radius 1 is 1.33 bits per heavy atom. The summed E-state index contributed by atoms with van der Waals surface area (Å²) in [7, 11) is 0. The quantitative estimate of drug-likeness (QED) is 0.888. The van der Waals surface area contributed by atoms with E-state index in [2.05, 4.69) is 15.5 Å². The smallest absolute Gasteiger partial charge is 0.239 e. The fourth-order valence-corrected chi connectivity index (χ4v) is 2.51. The molecule has 0 bridgehead atoms. The van der Waals surface area contributed by atoms with Crippen LogP contribution < -0.4 is 10.2 Å². The topological polar surface area (TPSA) is 58.1 Å². The predicted octanol–water partition coefficient (Wildman–Crippen LogP) is 2.13. The molecule has 0 aliphatic rings. The SMILES string of the molecule is CCN(CC(=O)NCc1ccc(F)cc1)c1nnc(C)s1. The number of anilines is 1. The lowest BCUT2D eigenvalue weighted by molar-refractivity contribution is -0.119. The number of nitrogens with one attached hydrogen (secondary N) is 1. The maximum atomic E-state index is 12.8. The van der Waals surface area contributed by atoms with E-state index in [1.165, 1.54) is 23.5 Å². The van der Waals surface area contributed by atoms with Crippen LogP contribution in [0.15, 0.2) is 24.3 Å². The van der Waals surface area contributed by atoms with Crippen LogP contribution in [-0.4, -0.2) is 29.2 Å². The average Bonchev–Trinajstić information content (AvgIpc) is 2.90. The van der Waals surface area contributed by atoms with E-state index >= 15 is 0 Å². The van der Waals surface area contributed by atoms with Crippen molar-refractivity contribution >= 4 is 22.4 Å². The summed E-state index contributed by atoms with van der Waals surface area (Å²) in [6.45, 7) is 5.13. The molecule has 1 aromatic carbocycles. The molecule has 2 rings (SSSR count). The van der Waals surface area contributed by atoms with Crippen LogP contribution in [0.5, 0.6) is 0 Å². The Labute approximate surface area is 126 Å². The van der Waals surface area contributed by atoms with Gasteiger partial charge < -0.3 is 10.2 Å². The number of nitrogens with zero attached hydrogens (tertiary/aromatic N) is 3. The van der Waals surface area contributed by atoms with E-state index in [0.717, 1.165) is 15.7 Å². The second-order valence-corrected chi connectivity index (χ2v) is 5.68. The van der Waals surface area contributed by atoms with Gasteiger partial charge in [-0.25, -0.2) is 4.39 Å². The second kappa shape index (κ2) is 7.12. The molecule has 7 heteroatoms. The van der Waals surface area contributed by atoms with Gasteiger partial charge in [-0.2, -0.15) is 0 Å². The molecule has 2 aromatic rings. The third kappa shape index (κ3) is 4.49. The Bertz CT molecular complexity index is 599. The Hall–Kier alpha value is -2.02. The normalized spacial score (nSPS) is 10.4. The summed E-state index contributed by atoms with van der Waals surface area (Å²) in [6, 6.07) is 6.07. The molecule has 0 atom stereocenters. The number of halogens is 1. The van der Waals surface area contributed by atoms with E-state index in [1.54, 1.807) is 12.1 Å². The van der Waals surface area contributed by atoms with E-state index in [4.69, 9.17) is 0 Å². The van der Waals surface area contributed by atoms with Gasteiger partial charge in [0.1, 0.15) is 10.8 Å². The van der Waals surface area contributed by atoms with Crippen LogP contribution in [0.2, 0.25) is 0 Å². The molecule has 1 amide bonds. The van der Waals surface area contributed by atoms with Crippen molar-refractivity contribution in [2.45, 2.75) is 20.4 Å². The molecule has 0 spiro atoms. The number of aryl methyl sites for hydroxylation is 1. The molecule has 1 heterocycles. The molecular formula is C14H17FN4OS. The zero-order chi connectivity index (χ0) is 15.2. The molecular weight excluding hydrogens is 291 g/mol. The van der Waals surface area contributed by atoms with E-state index in [9.17, 15) is 9.18 Å². The lowest BCUT2D eigenvalue weighted by atomic mass is 10.2. The lowest BCUT2D eigenvalue weighted by Crippen LogP contribution is -2.36. The molecule has 0 aliphatic carbocycles. The molecule has 0 aliphatic heterocycles. The number of rotatable bonds is 6. The van der Waals surface area contributed by atoms with Crippen molar-refractivity contribution in [1.82, 2.24) is 15.5 Å². The summed E-state index contributed by atoms with van der Waals surface area (Å²) in [5.41, 5.74) is 0.861. The number of hydrogen-bond donors (Lipinski definition) is 1. The van der Waals surface area contributed by atoms with Crippen LogP contribution in [-0.2, 0) is 11.3 Å². The number of carbonyl (C=O) groups excluding carboxylic acids is 1. The first-order valence-electron chi connectivity index (χ1n) is 6.64. The largest absolute Gasteiger partial charge is 0.350 e. The summed E-state index contributed by atoms with van der Waals surface area (Å²) >= 11 is 1.46. The van der Waals surface area contributed by atoms with Gasteiger partial charge >= 0.3 is 0 Å². The third-order valence-corrected chi connectivity index (χ3v) is 3.80. The Kier molecular flexibility index (Phi) is 5.21. The van der Waals surface area contributed by atoms with Gasteiger partial charge in [0.25, 0.3) is 0 Å². The highest BCUT2D eigenvalue weighted by molar-refractivity contribution is 7.15. The Morgan fingerprint density at radius 2 is 2.05 bits per heavy atom. The fourth-order valence-electron chi connectivity index (χ4n) is 1.76. The molecule has 1 aromatic heterocycles. The van der Waals surface area contributed by atoms with Crippen LogP contribution >= 0.6 is 11.3 Å². The standard InChI is InChI=1S/C14H17FN4OS/c1-3-19(14-18-17-10(2)21-14)9-13(20)16-8-11-4-6-12(15)7-5-11/h4-7H,3,8-9H2,1-2H3,(H,16,20). The van der Waals surface area contributed by atoms with E-state index in [1.807, 2.05) is 18.7 Å². The molecule has 0 unspecified atom stereocenters. The van der Waals surface area contributed by atoms with Gasteiger partial charge in [0, 0.05) is 13.1 Å². The van der Waals surface area contributed by atoms with E-state index in [0.29, 0.717) is 13.1 Å². The van der Waals surface area contributed by atoms with Gasteiger partial charge in [-0.15, -0.1) is 10.2 Å². The maximum absolute atomic E-state index is 12.8. The minimum Gasteiger partial charge on any atom is -0.350 e. The predicted molar refractivity (Wildman–Crippen MR) is 80.8 cm³/mol. The van der Waals surface area contributed by atoms with Crippen molar-refractivity contribution in [1.29, 1.82) is 0 Å². The van der Waals surface area contributed by atoms with Gasteiger partial charge in [0.05, 0.1) is 6.54 Å². The van der Waals surface area contributed by atoms with Crippen molar-refractivity contribution < 1.29 is 9.18 Å². The number of carbonyl (C=O) groups is 1. The van der Waals surface area contributed by atoms with Crippen LogP contribution in [0, 0.1) is 12.7 Å². The van der Waals surface area contributed by atoms with Crippen molar-refractivity contribution in [2.75, 3.05) is 18.0 Å². The molecule has 0 fully saturated rings. The van der Waals surface area contributed by atoms with Gasteiger partial charge in [-0.1, -0.05) is 23.5 Å². The van der Waals surface area contributed by atoms with Crippen LogP contribution in [0.4, 0.5) is 9.52 Å². The maximum Gasteiger partial charge on any atom is 0.239 e. The van der Waals surface area contributed by atoms with Crippen LogP contribution in [0.1, 0.15) is 17.5 Å². The number of likely N-dealkylation sites (N-methyl/N-ethyl adjacent to an activating group) is 1. The van der Waals surface area contributed by atoms with E-state index in [-0.39, 0.29) is 18.3 Å². The molecule has 1 N–H and O–H groups in total. The summed E-state index contributed by atoms with van der Waals surface area (Å²) in [4.78, 5) is 13.8. The molecule has 0 saturated carbocycles. The minimum absolute atomic E-state index is 0.103. The lowest BCUT2D eigenvalue weighted by Gasteiger charge is -2.18. The van der Waals surface area contributed by atoms with Crippen molar-refractivity contribution in [3.8, 4) is 0 Å². The summed E-state index contributed by atoms with van der Waals surface area (Å²) < 4.78 is 12.8. The number of benzene rings is 1. The zero-order valence-electron chi connectivity index (χ0n) is 12.0. The van der Waals surface area contributed by atoms with Gasteiger partial charge in [0.15, 0.2) is 0 Å². The first-order chi connectivity index (χ1) is 10.1. The highest BCUT2D eigenvalue weighted by atomic mass is 32.1. The Morgan fingerprint density at radius 3 is 2.62 bits per heavy atom. The fraction of sp³-hybridized carbons (Fsp3) is 0.357. The molecule has 0 radical (unpaired) electrons. The monoisotopic (exact) mass is 308 g/mol. The molecule has 0 saturated heterocycles. The first kappa shape index (κ1) is 15.4. The van der Waals surface area contributed by atoms with Crippen molar-refractivity contribution in [3.63, 3.8) is 0 Å². The van der Waals surface area contributed by atoms with E-state index < -0.39 is 0 Å². The van der Waals surface area contributed by atoms with Gasteiger partial charge in [-0.3, -0.25) is 4.79 Å². The first-order valence-corrected chi connectivity index (χ1v) is 7.46. The van der Waals surface area contributed by atoms with Gasteiger partial charge in [0.2, 0.25) is 11.0 Å². The number of amides is 1.